The van der Waals surface area contributed by atoms with Crippen molar-refractivity contribution in [1.82, 2.24) is 10.2 Å². The molecule has 1 fully saturated rings. The van der Waals surface area contributed by atoms with Gasteiger partial charge in [0, 0.05) is 43.8 Å². The van der Waals surface area contributed by atoms with Crippen LogP contribution in [-0.4, -0.2) is 36.4 Å². The standard InChI is InChI=1S/C14H17N5/c15-12-3-1-4-13(11-12)18-7-9-19(10-8-18)14-5-2-6-16-17-14/h1-6,11H,7-10,15H2. The van der Waals surface area contributed by atoms with Crippen LogP contribution in [0.15, 0.2) is 42.6 Å². The molecule has 0 unspecified atom stereocenters. The van der Waals surface area contributed by atoms with Gasteiger partial charge in [-0.15, -0.1) is 5.10 Å². The summed E-state index contributed by atoms with van der Waals surface area (Å²) in [5.74, 6) is 0.953. The van der Waals surface area contributed by atoms with Crippen molar-refractivity contribution in [3.63, 3.8) is 0 Å². The molecule has 19 heavy (non-hydrogen) atoms. The Kier molecular flexibility index (Phi) is 3.18. The quantitative estimate of drug-likeness (QED) is 0.822. The fourth-order valence-corrected chi connectivity index (χ4v) is 2.38. The number of nitrogens with zero attached hydrogens (tertiary/aromatic N) is 4. The van der Waals surface area contributed by atoms with Gasteiger partial charge in [0.15, 0.2) is 5.82 Å². The number of piperazine rings is 1. The first-order chi connectivity index (χ1) is 9.33. The van der Waals surface area contributed by atoms with E-state index in [0.717, 1.165) is 37.7 Å². The van der Waals surface area contributed by atoms with E-state index in [2.05, 4.69) is 26.1 Å². The summed E-state index contributed by atoms with van der Waals surface area (Å²) in [7, 11) is 0. The predicted molar refractivity (Wildman–Crippen MR) is 77.3 cm³/mol. The average Bonchev–Trinajstić information content (AvgIpc) is 2.48. The van der Waals surface area contributed by atoms with Crippen LogP contribution in [0, 0.1) is 0 Å². The molecule has 0 saturated carbocycles. The van der Waals surface area contributed by atoms with Crippen LogP contribution in [0.25, 0.3) is 0 Å². The third-order valence-electron chi connectivity index (χ3n) is 3.40. The second-order valence-electron chi connectivity index (χ2n) is 4.65. The summed E-state index contributed by atoms with van der Waals surface area (Å²) in [6.45, 7) is 3.85. The van der Waals surface area contributed by atoms with Crippen molar-refractivity contribution < 1.29 is 0 Å². The molecule has 0 amide bonds. The van der Waals surface area contributed by atoms with Gasteiger partial charge in [0.25, 0.3) is 0 Å². The minimum atomic E-state index is 0.814. The second kappa shape index (κ2) is 5.14. The lowest BCUT2D eigenvalue weighted by Crippen LogP contribution is -2.46. The third kappa shape index (κ3) is 2.59. The Morgan fingerprint density at radius 1 is 0.947 bits per heavy atom. The van der Waals surface area contributed by atoms with E-state index in [4.69, 9.17) is 5.73 Å². The summed E-state index contributed by atoms with van der Waals surface area (Å²) in [5, 5.41) is 8.08. The van der Waals surface area contributed by atoms with Crippen molar-refractivity contribution in [2.75, 3.05) is 41.7 Å². The van der Waals surface area contributed by atoms with Crippen molar-refractivity contribution in [2.24, 2.45) is 0 Å². The highest BCUT2D eigenvalue weighted by Crippen LogP contribution is 2.20. The van der Waals surface area contributed by atoms with Crippen molar-refractivity contribution in [3.05, 3.63) is 42.6 Å². The molecule has 2 N–H and O–H groups in total. The second-order valence-corrected chi connectivity index (χ2v) is 4.65. The van der Waals surface area contributed by atoms with Crippen LogP contribution in [0.2, 0.25) is 0 Å². The van der Waals surface area contributed by atoms with Gasteiger partial charge in [0.1, 0.15) is 0 Å². The van der Waals surface area contributed by atoms with Gasteiger partial charge < -0.3 is 15.5 Å². The molecule has 0 bridgehead atoms. The number of anilines is 3. The zero-order valence-corrected chi connectivity index (χ0v) is 10.7. The van der Waals surface area contributed by atoms with E-state index in [1.165, 1.54) is 5.69 Å². The van der Waals surface area contributed by atoms with Gasteiger partial charge in [0.05, 0.1) is 0 Å². The molecule has 1 saturated heterocycles. The van der Waals surface area contributed by atoms with E-state index in [9.17, 15) is 0 Å². The zero-order valence-electron chi connectivity index (χ0n) is 10.7. The molecule has 2 heterocycles. The smallest absolute Gasteiger partial charge is 0.151 e. The minimum Gasteiger partial charge on any atom is -0.399 e. The predicted octanol–water partition coefficient (Wildman–Crippen LogP) is 1.39. The largest absolute Gasteiger partial charge is 0.399 e. The van der Waals surface area contributed by atoms with Crippen molar-refractivity contribution >= 4 is 17.2 Å². The van der Waals surface area contributed by atoms with Crippen LogP contribution in [0.4, 0.5) is 17.2 Å². The number of hydrogen-bond donors (Lipinski definition) is 1. The highest BCUT2D eigenvalue weighted by molar-refractivity contribution is 5.57. The molecule has 1 aliphatic heterocycles. The summed E-state index contributed by atoms with van der Waals surface area (Å²) in [5.41, 5.74) is 7.84. The Labute approximate surface area is 112 Å². The fourth-order valence-electron chi connectivity index (χ4n) is 2.38. The minimum absolute atomic E-state index is 0.814. The third-order valence-corrected chi connectivity index (χ3v) is 3.40. The average molecular weight is 255 g/mol. The highest BCUT2D eigenvalue weighted by atomic mass is 15.3. The molecular formula is C14H17N5. The molecule has 1 aromatic heterocycles. The maximum Gasteiger partial charge on any atom is 0.151 e. The SMILES string of the molecule is Nc1cccc(N2CCN(c3cccnn3)CC2)c1. The molecule has 0 spiro atoms. The van der Waals surface area contributed by atoms with Crippen LogP contribution in [0.1, 0.15) is 0 Å². The molecule has 5 heteroatoms. The maximum absolute atomic E-state index is 5.83. The first-order valence-corrected chi connectivity index (χ1v) is 6.46. The summed E-state index contributed by atoms with van der Waals surface area (Å²) in [4.78, 5) is 4.61. The molecule has 5 nitrogen and oxygen atoms in total. The van der Waals surface area contributed by atoms with Gasteiger partial charge in [-0.05, 0) is 30.3 Å². The van der Waals surface area contributed by atoms with E-state index in [-0.39, 0.29) is 0 Å². The summed E-state index contributed by atoms with van der Waals surface area (Å²) >= 11 is 0. The zero-order chi connectivity index (χ0) is 13.1. The van der Waals surface area contributed by atoms with Gasteiger partial charge in [-0.1, -0.05) is 6.07 Å². The topological polar surface area (TPSA) is 58.3 Å². The molecule has 0 atom stereocenters. The lowest BCUT2D eigenvalue weighted by Gasteiger charge is -2.36. The molecule has 0 aliphatic carbocycles. The Morgan fingerprint density at radius 2 is 1.74 bits per heavy atom. The molecule has 2 aromatic rings. The van der Waals surface area contributed by atoms with Crippen LogP contribution in [0.5, 0.6) is 0 Å². The van der Waals surface area contributed by atoms with Crippen molar-refractivity contribution in [1.29, 1.82) is 0 Å². The molecule has 0 radical (unpaired) electrons. The van der Waals surface area contributed by atoms with Gasteiger partial charge in [-0.2, -0.15) is 5.10 Å². The fraction of sp³-hybridized carbons (Fsp3) is 0.286. The number of nitrogens with two attached hydrogens (primary N) is 1. The Hall–Kier alpha value is -2.30. The molecule has 3 rings (SSSR count). The number of hydrogen-bond acceptors (Lipinski definition) is 5. The van der Waals surface area contributed by atoms with Gasteiger partial charge in [0.2, 0.25) is 0 Å². The van der Waals surface area contributed by atoms with E-state index < -0.39 is 0 Å². The first-order valence-electron chi connectivity index (χ1n) is 6.46. The van der Waals surface area contributed by atoms with Crippen LogP contribution in [0.3, 0.4) is 0 Å². The van der Waals surface area contributed by atoms with E-state index in [0.29, 0.717) is 0 Å². The number of rotatable bonds is 2. The normalized spacial score (nSPS) is 15.6. The van der Waals surface area contributed by atoms with E-state index in [1.807, 2.05) is 30.3 Å². The monoisotopic (exact) mass is 255 g/mol. The lowest BCUT2D eigenvalue weighted by molar-refractivity contribution is 0.644. The summed E-state index contributed by atoms with van der Waals surface area (Å²) in [6.07, 6.45) is 1.70. The number of benzene rings is 1. The van der Waals surface area contributed by atoms with E-state index in [1.54, 1.807) is 6.20 Å². The summed E-state index contributed by atoms with van der Waals surface area (Å²) < 4.78 is 0. The first kappa shape index (κ1) is 11.8. The summed E-state index contributed by atoms with van der Waals surface area (Å²) in [6, 6.07) is 12.0. The van der Waals surface area contributed by atoms with Crippen LogP contribution < -0.4 is 15.5 Å². The molecule has 1 aliphatic rings. The number of aromatic nitrogens is 2. The maximum atomic E-state index is 5.83. The lowest BCUT2D eigenvalue weighted by atomic mass is 10.2. The van der Waals surface area contributed by atoms with E-state index >= 15 is 0 Å². The Morgan fingerprint density at radius 3 is 2.42 bits per heavy atom. The van der Waals surface area contributed by atoms with Crippen molar-refractivity contribution in [3.8, 4) is 0 Å². The Balaban J connectivity index is 1.67. The molecule has 98 valence electrons. The van der Waals surface area contributed by atoms with Crippen LogP contribution >= 0.6 is 0 Å². The van der Waals surface area contributed by atoms with Gasteiger partial charge in [-0.25, -0.2) is 0 Å². The molecular weight excluding hydrogens is 238 g/mol. The van der Waals surface area contributed by atoms with Gasteiger partial charge in [-0.3, -0.25) is 0 Å². The molecule has 1 aromatic carbocycles. The number of nitrogen functional groups attached to an aromatic ring is 1. The van der Waals surface area contributed by atoms with Crippen LogP contribution in [-0.2, 0) is 0 Å². The van der Waals surface area contributed by atoms with Gasteiger partial charge >= 0.3 is 0 Å². The highest BCUT2D eigenvalue weighted by Gasteiger charge is 2.18. The Bertz CT molecular complexity index is 535. The van der Waals surface area contributed by atoms with Crippen molar-refractivity contribution in [2.45, 2.75) is 0 Å².